The summed E-state index contributed by atoms with van der Waals surface area (Å²) in [6.07, 6.45) is 12.3. The highest BCUT2D eigenvalue weighted by molar-refractivity contribution is 9.09. The molecule has 178 valence electrons. The summed E-state index contributed by atoms with van der Waals surface area (Å²) >= 11 is 3.47. The molecule has 0 amide bonds. The summed E-state index contributed by atoms with van der Waals surface area (Å²) < 4.78 is 6.85. The van der Waals surface area contributed by atoms with Crippen LogP contribution in [0.25, 0.3) is 0 Å². The average Bonchev–Trinajstić information content (AvgIpc) is 3.03. The number of Topliss-reactive ketones (excluding diaryl/α,β-unsaturated/α-hetero) is 1. The van der Waals surface area contributed by atoms with Gasteiger partial charge in [0.25, 0.3) is 0 Å². The number of ketones is 1. The Balaban J connectivity index is 1.45. The lowest BCUT2D eigenvalue weighted by atomic mass is 9.44. The minimum Gasteiger partial charge on any atom is -0.414 e. The number of fused-ring (bicyclic) bond motifs is 5. The molecular formula is C27H47BrO2Si. The maximum Gasteiger partial charge on any atom is 0.187 e. The summed E-state index contributed by atoms with van der Waals surface area (Å²) in [5, 5.41) is 0.547. The quantitative estimate of drug-likeness (QED) is 0.268. The van der Waals surface area contributed by atoms with Crippen LogP contribution in [0.15, 0.2) is 0 Å². The second-order valence-corrected chi connectivity index (χ2v) is 18.0. The zero-order chi connectivity index (χ0) is 22.6. The van der Waals surface area contributed by atoms with Crippen molar-refractivity contribution in [1.29, 1.82) is 0 Å². The van der Waals surface area contributed by atoms with Crippen molar-refractivity contribution in [1.82, 2.24) is 0 Å². The van der Waals surface area contributed by atoms with Crippen molar-refractivity contribution in [2.24, 2.45) is 46.3 Å². The summed E-state index contributed by atoms with van der Waals surface area (Å²) in [4.78, 5) is 12.7. The molecular weight excluding hydrogens is 464 g/mol. The molecule has 8 atom stereocenters. The third-order valence-electron chi connectivity index (χ3n) is 10.5. The second kappa shape index (κ2) is 8.84. The van der Waals surface area contributed by atoms with E-state index in [4.69, 9.17) is 4.43 Å². The van der Waals surface area contributed by atoms with Crippen molar-refractivity contribution >= 4 is 30.0 Å². The summed E-state index contributed by atoms with van der Waals surface area (Å²) in [6.45, 7) is 14.7. The van der Waals surface area contributed by atoms with Gasteiger partial charge in [0.05, 0.1) is 5.33 Å². The van der Waals surface area contributed by atoms with Gasteiger partial charge in [0.1, 0.15) is 5.78 Å². The lowest BCUT2D eigenvalue weighted by molar-refractivity contribution is -0.137. The van der Waals surface area contributed by atoms with Crippen LogP contribution in [-0.4, -0.2) is 25.5 Å². The first-order valence-electron chi connectivity index (χ1n) is 13.3. The third-order valence-corrected chi connectivity index (χ3v) is 13.8. The third kappa shape index (κ3) is 4.40. The summed E-state index contributed by atoms with van der Waals surface area (Å²) in [5.74, 6) is 4.89. The molecule has 0 bridgehead atoms. The van der Waals surface area contributed by atoms with E-state index in [-0.39, 0.29) is 5.41 Å². The van der Waals surface area contributed by atoms with Crippen LogP contribution in [0.1, 0.15) is 85.5 Å². The van der Waals surface area contributed by atoms with Crippen LogP contribution in [0.3, 0.4) is 0 Å². The van der Waals surface area contributed by atoms with E-state index in [9.17, 15) is 4.79 Å². The van der Waals surface area contributed by atoms with Crippen molar-refractivity contribution in [3.8, 4) is 0 Å². The van der Waals surface area contributed by atoms with Crippen molar-refractivity contribution < 1.29 is 9.22 Å². The van der Waals surface area contributed by atoms with Gasteiger partial charge in [-0.1, -0.05) is 43.6 Å². The van der Waals surface area contributed by atoms with Crippen LogP contribution in [0.2, 0.25) is 19.1 Å². The molecule has 2 nitrogen and oxygen atoms in total. The van der Waals surface area contributed by atoms with Crippen LogP contribution >= 0.6 is 15.9 Å². The molecule has 2 unspecified atom stereocenters. The first-order chi connectivity index (χ1) is 14.5. The molecule has 0 saturated heterocycles. The zero-order valence-corrected chi connectivity index (χ0v) is 23.6. The first-order valence-corrected chi connectivity index (χ1v) is 17.5. The first kappa shape index (κ1) is 24.5. The normalized spacial score (nSPS) is 45.2. The highest BCUT2D eigenvalue weighted by Crippen LogP contribution is 2.67. The number of carbonyl (C=O) groups excluding carboxylic acids is 1. The van der Waals surface area contributed by atoms with Crippen molar-refractivity contribution in [2.75, 3.05) is 5.33 Å². The van der Waals surface area contributed by atoms with Gasteiger partial charge in [-0.15, -0.1) is 0 Å². The van der Waals surface area contributed by atoms with Crippen molar-refractivity contribution in [3.63, 3.8) is 0 Å². The van der Waals surface area contributed by atoms with Gasteiger partial charge in [-0.2, -0.15) is 0 Å². The molecule has 4 rings (SSSR count). The maximum atomic E-state index is 12.7. The fourth-order valence-corrected chi connectivity index (χ4v) is 13.0. The highest BCUT2D eigenvalue weighted by Gasteiger charge is 2.61. The Kier molecular flexibility index (Phi) is 6.97. The fourth-order valence-electron chi connectivity index (χ4n) is 9.43. The summed E-state index contributed by atoms with van der Waals surface area (Å²) in [5.41, 5.74) is 0.771. The molecule has 31 heavy (non-hydrogen) atoms. The van der Waals surface area contributed by atoms with Gasteiger partial charge in [0.15, 0.2) is 8.32 Å². The SMILES string of the molecule is CC(C)C[Si](C)(C)OC1CC[C@@]2(C)C(CC[C@H]3[C@@H]4CC[C@H](C(=O)CBr)[C@@]4(C)CC[C@@H]32)C1. The minimum atomic E-state index is -1.55. The topological polar surface area (TPSA) is 26.3 Å². The molecule has 4 fully saturated rings. The molecule has 0 N–H and O–H groups in total. The van der Waals surface area contributed by atoms with E-state index in [1.54, 1.807) is 0 Å². The summed E-state index contributed by atoms with van der Waals surface area (Å²) in [7, 11) is -1.55. The predicted octanol–water partition coefficient (Wildman–Crippen LogP) is 7.86. The number of carbonyl (C=O) groups is 1. The number of hydrogen-bond acceptors (Lipinski definition) is 2. The summed E-state index contributed by atoms with van der Waals surface area (Å²) in [6, 6.07) is 1.28. The molecule has 0 aromatic rings. The molecule has 4 aliphatic carbocycles. The number of alkyl halides is 1. The van der Waals surface area contributed by atoms with Crippen LogP contribution in [0.5, 0.6) is 0 Å². The Morgan fingerprint density at radius 2 is 1.68 bits per heavy atom. The average molecular weight is 512 g/mol. The Labute approximate surface area is 201 Å². The van der Waals surface area contributed by atoms with Crippen molar-refractivity contribution in [3.05, 3.63) is 0 Å². The van der Waals surface area contributed by atoms with E-state index < -0.39 is 8.32 Å². The van der Waals surface area contributed by atoms with Crippen LogP contribution in [-0.2, 0) is 9.22 Å². The van der Waals surface area contributed by atoms with Gasteiger partial charge in [-0.05, 0) is 117 Å². The largest absolute Gasteiger partial charge is 0.414 e. The number of rotatable bonds is 6. The number of hydrogen-bond donors (Lipinski definition) is 0. The van der Waals surface area contributed by atoms with Gasteiger partial charge in [-0.25, -0.2) is 0 Å². The van der Waals surface area contributed by atoms with Gasteiger partial charge in [-0.3, -0.25) is 4.79 Å². The molecule has 0 aromatic heterocycles. The molecule has 0 aliphatic heterocycles. The highest BCUT2D eigenvalue weighted by atomic mass is 79.9. The van der Waals surface area contributed by atoms with Gasteiger partial charge >= 0.3 is 0 Å². The Morgan fingerprint density at radius 1 is 1.00 bits per heavy atom. The van der Waals surface area contributed by atoms with Crippen LogP contribution in [0, 0.1) is 46.3 Å². The van der Waals surface area contributed by atoms with Gasteiger partial charge in [0.2, 0.25) is 0 Å². The van der Waals surface area contributed by atoms with E-state index >= 15 is 0 Å². The molecule has 4 aliphatic rings. The lowest BCUT2D eigenvalue weighted by Gasteiger charge is -2.61. The monoisotopic (exact) mass is 510 g/mol. The smallest absolute Gasteiger partial charge is 0.187 e. The predicted molar refractivity (Wildman–Crippen MR) is 136 cm³/mol. The maximum absolute atomic E-state index is 12.7. The molecule has 0 heterocycles. The van der Waals surface area contributed by atoms with E-state index in [0.29, 0.717) is 28.6 Å². The lowest BCUT2D eigenvalue weighted by Crippen LogP contribution is -2.55. The molecule has 0 aromatic carbocycles. The van der Waals surface area contributed by atoms with Gasteiger partial charge < -0.3 is 4.43 Å². The van der Waals surface area contributed by atoms with E-state index in [1.165, 1.54) is 57.4 Å². The Bertz CT molecular complexity index is 678. The zero-order valence-electron chi connectivity index (χ0n) is 21.0. The van der Waals surface area contributed by atoms with Gasteiger partial charge in [0, 0.05) is 12.0 Å². The second-order valence-electron chi connectivity index (χ2n) is 13.3. The van der Waals surface area contributed by atoms with Crippen molar-refractivity contribution in [2.45, 2.75) is 111 Å². The molecule has 4 heteroatoms. The number of halogens is 1. The van der Waals surface area contributed by atoms with Crippen LogP contribution in [0.4, 0.5) is 0 Å². The molecule has 0 radical (unpaired) electrons. The molecule has 4 saturated carbocycles. The fraction of sp³-hybridized carbons (Fsp3) is 0.963. The minimum absolute atomic E-state index is 0.266. The Hall–Kier alpha value is 0.327. The van der Waals surface area contributed by atoms with Crippen LogP contribution < -0.4 is 0 Å². The molecule has 0 spiro atoms. The Morgan fingerprint density at radius 3 is 2.35 bits per heavy atom. The van der Waals surface area contributed by atoms with E-state index in [0.717, 1.165) is 36.0 Å². The van der Waals surface area contributed by atoms with E-state index in [2.05, 4.69) is 56.7 Å². The standard InChI is InChI=1S/C27H47BrO2Si/c1-18(2)17-31(5,6)30-20-11-13-26(3)19(15-20)7-8-21-22-9-10-24(25(29)16-28)27(22,4)14-12-23(21)26/h18-24H,7-17H2,1-6H3/t19?,20?,21-,22-,23-,24+,26-,27-/m0/s1. The van der Waals surface area contributed by atoms with E-state index in [1.807, 2.05) is 0 Å².